The van der Waals surface area contributed by atoms with Crippen LogP contribution in [0, 0.1) is 12.7 Å². The van der Waals surface area contributed by atoms with E-state index in [4.69, 9.17) is 0 Å². The fourth-order valence-corrected chi connectivity index (χ4v) is 2.47. The number of fused-ring (bicyclic) bond motifs is 1. The van der Waals surface area contributed by atoms with E-state index in [9.17, 15) is 27.2 Å². The van der Waals surface area contributed by atoms with Gasteiger partial charge in [-0.05, 0) is 36.8 Å². The first-order valence-corrected chi connectivity index (χ1v) is 7.57. The zero-order valence-electron chi connectivity index (χ0n) is 13.7. The Kier molecular flexibility index (Phi) is 4.56. The first-order valence-electron chi connectivity index (χ1n) is 7.57. The summed E-state index contributed by atoms with van der Waals surface area (Å²) in [6.07, 6.45) is -2.29. The largest absolute Gasteiger partial charge is 0.416 e. The highest BCUT2D eigenvalue weighted by atomic mass is 19.4. The van der Waals surface area contributed by atoms with Gasteiger partial charge in [-0.1, -0.05) is 0 Å². The molecule has 0 fully saturated rings. The number of hydrogen-bond acceptors (Lipinski definition) is 3. The second-order valence-electron chi connectivity index (χ2n) is 5.75. The number of alkyl halides is 3. The minimum absolute atomic E-state index is 0.109. The number of aryl methyl sites for hydroxylation is 1. The number of carbonyl (C=O) groups is 2. The van der Waals surface area contributed by atoms with Crippen molar-refractivity contribution in [2.45, 2.75) is 13.1 Å². The maximum absolute atomic E-state index is 13.3. The van der Waals surface area contributed by atoms with Gasteiger partial charge >= 0.3 is 18.0 Å². The quantitative estimate of drug-likeness (QED) is 0.469. The number of nitrogens with zero attached hydrogens (tertiary/aromatic N) is 1. The third-order valence-corrected chi connectivity index (χ3v) is 3.61. The van der Waals surface area contributed by atoms with Crippen molar-refractivity contribution < 1.29 is 27.2 Å². The minimum Gasteiger partial charge on any atom is -0.344 e. The highest BCUT2D eigenvalue weighted by Gasteiger charge is 2.31. The molecule has 0 saturated carbocycles. The maximum atomic E-state index is 13.3. The number of benzene rings is 1. The van der Waals surface area contributed by atoms with E-state index in [0.29, 0.717) is 5.65 Å². The molecular formula is C17H12F4N4O2. The Labute approximate surface area is 149 Å². The van der Waals surface area contributed by atoms with Gasteiger partial charge in [0.05, 0.1) is 17.4 Å². The Morgan fingerprint density at radius 1 is 1.07 bits per heavy atom. The molecule has 3 N–H and O–H groups in total. The lowest BCUT2D eigenvalue weighted by Gasteiger charge is -2.11. The van der Waals surface area contributed by atoms with Crippen molar-refractivity contribution in [3.05, 3.63) is 53.6 Å². The highest BCUT2D eigenvalue weighted by molar-refractivity contribution is 6.44. The minimum atomic E-state index is -4.59. The van der Waals surface area contributed by atoms with Gasteiger partial charge < -0.3 is 15.6 Å². The smallest absolute Gasteiger partial charge is 0.344 e. The van der Waals surface area contributed by atoms with E-state index in [2.05, 4.69) is 20.6 Å². The predicted octanol–water partition coefficient (Wildman–Crippen LogP) is 3.61. The van der Waals surface area contributed by atoms with Gasteiger partial charge in [-0.25, -0.2) is 9.37 Å². The second kappa shape index (κ2) is 6.71. The molecule has 0 spiro atoms. The van der Waals surface area contributed by atoms with E-state index in [1.54, 1.807) is 0 Å². The molecule has 0 aliphatic heterocycles. The van der Waals surface area contributed by atoms with Crippen molar-refractivity contribution in [3.63, 3.8) is 0 Å². The van der Waals surface area contributed by atoms with Gasteiger partial charge in [0.15, 0.2) is 0 Å². The van der Waals surface area contributed by atoms with Gasteiger partial charge in [-0.2, -0.15) is 13.2 Å². The molecule has 3 aromatic rings. The molecule has 140 valence electrons. The van der Waals surface area contributed by atoms with Gasteiger partial charge in [0.1, 0.15) is 11.5 Å². The molecule has 10 heteroatoms. The third-order valence-electron chi connectivity index (χ3n) is 3.61. The van der Waals surface area contributed by atoms with E-state index in [-0.39, 0.29) is 22.3 Å². The molecule has 0 aliphatic rings. The molecule has 6 nitrogen and oxygen atoms in total. The summed E-state index contributed by atoms with van der Waals surface area (Å²) in [5.41, 5.74) is -0.456. The van der Waals surface area contributed by atoms with Crippen LogP contribution in [0.1, 0.15) is 11.1 Å². The third kappa shape index (κ3) is 4.05. The van der Waals surface area contributed by atoms with Crippen LogP contribution >= 0.6 is 0 Å². The second-order valence-corrected chi connectivity index (χ2v) is 5.75. The number of amides is 2. The lowest BCUT2D eigenvalue weighted by atomic mass is 10.1. The van der Waals surface area contributed by atoms with Crippen LogP contribution in [0.15, 0.2) is 36.7 Å². The zero-order chi connectivity index (χ0) is 19.8. The van der Waals surface area contributed by atoms with Crippen LogP contribution in [-0.2, 0) is 15.8 Å². The monoisotopic (exact) mass is 380 g/mol. The summed E-state index contributed by atoms with van der Waals surface area (Å²) in [5.74, 6) is -2.94. The fourth-order valence-electron chi connectivity index (χ4n) is 2.47. The molecule has 0 saturated heterocycles. The Hall–Kier alpha value is -3.43. The van der Waals surface area contributed by atoms with Gasteiger partial charge in [0.25, 0.3) is 0 Å². The number of hydrogen-bond donors (Lipinski definition) is 3. The number of aromatic nitrogens is 2. The summed E-state index contributed by atoms with van der Waals surface area (Å²) in [4.78, 5) is 30.5. The summed E-state index contributed by atoms with van der Waals surface area (Å²) < 4.78 is 51.8. The molecule has 2 heterocycles. The van der Waals surface area contributed by atoms with Crippen molar-refractivity contribution >= 4 is 34.2 Å². The molecule has 0 aliphatic carbocycles. The van der Waals surface area contributed by atoms with E-state index in [0.717, 1.165) is 24.4 Å². The lowest BCUT2D eigenvalue weighted by molar-refractivity contribution is -0.137. The van der Waals surface area contributed by atoms with Crippen molar-refractivity contribution in [2.24, 2.45) is 0 Å². The molecule has 1 aromatic carbocycles. The van der Waals surface area contributed by atoms with E-state index in [1.807, 2.05) is 0 Å². The number of anilines is 2. The van der Waals surface area contributed by atoms with Crippen LogP contribution in [0.2, 0.25) is 0 Å². The van der Waals surface area contributed by atoms with Crippen LogP contribution < -0.4 is 10.6 Å². The Morgan fingerprint density at radius 3 is 2.48 bits per heavy atom. The average molecular weight is 380 g/mol. The summed E-state index contributed by atoms with van der Waals surface area (Å²) in [7, 11) is 0. The number of H-pyrrole nitrogens is 1. The Morgan fingerprint density at radius 2 is 1.78 bits per heavy atom. The molecular weight excluding hydrogens is 368 g/mol. The van der Waals surface area contributed by atoms with Crippen LogP contribution in [0.25, 0.3) is 11.0 Å². The molecule has 27 heavy (non-hydrogen) atoms. The molecule has 0 atom stereocenters. The molecule has 0 unspecified atom stereocenters. The topological polar surface area (TPSA) is 86.9 Å². The maximum Gasteiger partial charge on any atom is 0.416 e. The Bertz CT molecular complexity index is 1040. The van der Waals surface area contributed by atoms with Crippen molar-refractivity contribution in [2.75, 3.05) is 10.6 Å². The standard InChI is InChI=1S/C17H12F4N4O2/c1-8-2-9(17(19,20)21)4-11(3-8)24-15(26)16(27)25-13-7-23-14-12(13)5-10(18)6-22-14/h2-7H,1H3,(H,22,23)(H,24,26)(H,25,27). The van der Waals surface area contributed by atoms with Crippen LogP contribution in [-0.4, -0.2) is 21.8 Å². The highest BCUT2D eigenvalue weighted by Crippen LogP contribution is 2.32. The number of aromatic amines is 1. The number of pyridine rings is 1. The molecule has 0 radical (unpaired) electrons. The van der Waals surface area contributed by atoms with Crippen LogP contribution in [0.4, 0.5) is 28.9 Å². The SMILES string of the molecule is Cc1cc(NC(=O)C(=O)Nc2c[nH]c3ncc(F)cc23)cc(C(F)(F)F)c1. The average Bonchev–Trinajstić information content (AvgIpc) is 2.95. The predicted molar refractivity (Wildman–Crippen MR) is 89.5 cm³/mol. The van der Waals surface area contributed by atoms with E-state index < -0.39 is 29.4 Å². The van der Waals surface area contributed by atoms with Gasteiger partial charge in [-0.3, -0.25) is 9.59 Å². The van der Waals surface area contributed by atoms with Gasteiger partial charge in [0.2, 0.25) is 0 Å². The van der Waals surface area contributed by atoms with Gasteiger partial charge in [-0.15, -0.1) is 0 Å². The van der Waals surface area contributed by atoms with E-state index >= 15 is 0 Å². The van der Waals surface area contributed by atoms with Crippen LogP contribution in [0.5, 0.6) is 0 Å². The lowest BCUT2D eigenvalue weighted by Crippen LogP contribution is -2.29. The first-order chi connectivity index (χ1) is 12.6. The van der Waals surface area contributed by atoms with Gasteiger partial charge in [0, 0.05) is 17.3 Å². The fraction of sp³-hybridized carbons (Fsp3) is 0.118. The normalized spacial score (nSPS) is 11.4. The van der Waals surface area contributed by atoms with Crippen molar-refractivity contribution in [3.8, 4) is 0 Å². The number of carbonyl (C=O) groups excluding carboxylic acids is 2. The summed E-state index contributed by atoms with van der Waals surface area (Å²) in [5, 5.41) is 4.62. The summed E-state index contributed by atoms with van der Waals surface area (Å²) in [6.45, 7) is 1.43. The Balaban J connectivity index is 1.77. The van der Waals surface area contributed by atoms with E-state index in [1.165, 1.54) is 19.2 Å². The molecule has 2 amide bonds. The molecule has 3 rings (SSSR count). The first kappa shape index (κ1) is 18.4. The van der Waals surface area contributed by atoms with Crippen molar-refractivity contribution in [1.82, 2.24) is 9.97 Å². The number of rotatable bonds is 2. The number of nitrogens with one attached hydrogen (secondary N) is 3. The summed E-state index contributed by atoms with van der Waals surface area (Å²) >= 11 is 0. The van der Waals surface area contributed by atoms with Crippen LogP contribution in [0.3, 0.4) is 0 Å². The molecule has 2 aromatic heterocycles. The zero-order valence-corrected chi connectivity index (χ0v) is 13.7. The summed E-state index contributed by atoms with van der Waals surface area (Å²) in [6, 6.07) is 4.06. The number of halogens is 4. The molecule has 0 bridgehead atoms. The van der Waals surface area contributed by atoms with Crippen molar-refractivity contribution in [1.29, 1.82) is 0 Å².